The molecule has 10 heavy (non-hydrogen) atoms. The van der Waals surface area contributed by atoms with Crippen LogP contribution in [0.4, 0.5) is 13.2 Å². The van der Waals surface area contributed by atoms with Gasteiger partial charge >= 0.3 is 6.18 Å². The highest BCUT2D eigenvalue weighted by Crippen LogP contribution is 2.25. The van der Waals surface area contributed by atoms with Gasteiger partial charge in [0.1, 0.15) is 6.26 Å². The van der Waals surface area contributed by atoms with E-state index in [0.717, 1.165) is 14.2 Å². The van der Waals surface area contributed by atoms with Gasteiger partial charge in [0.25, 0.3) is 0 Å². The largest absolute Gasteiger partial charge is 0.500 e. The zero-order chi connectivity index (χ0) is 8.20. The van der Waals surface area contributed by atoms with Crippen LogP contribution in [-0.2, 0) is 9.47 Å². The molecule has 60 valence electrons. The summed E-state index contributed by atoms with van der Waals surface area (Å²) in [6.45, 7) is 0. The number of rotatable bonds is 2. The molecule has 0 radical (unpaired) electrons. The van der Waals surface area contributed by atoms with Gasteiger partial charge in [-0.25, -0.2) is 0 Å². The van der Waals surface area contributed by atoms with Gasteiger partial charge in [0, 0.05) is 0 Å². The summed E-state index contributed by atoms with van der Waals surface area (Å²) in [5, 5.41) is 0. The van der Waals surface area contributed by atoms with Gasteiger partial charge in [0.2, 0.25) is 5.76 Å². The van der Waals surface area contributed by atoms with E-state index in [1.807, 2.05) is 0 Å². The van der Waals surface area contributed by atoms with Crippen LogP contribution < -0.4 is 0 Å². The molecule has 0 atom stereocenters. The molecule has 0 saturated carbocycles. The molecule has 0 bridgehead atoms. The molecule has 0 heterocycles. The van der Waals surface area contributed by atoms with Gasteiger partial charge in [0.05, 0.1) is 14.2 Å². The van der Waals surface area contributed by atoms with Gasteiger partial charge in [-0.05, 0) is 0 Å². The number of methoxy groups -OCH3 is 2. The molecule has 0 fully saturated rings. The van der Waals surface area contributed by atoms with Crippen molar-refractivity contribution >= 4 is 0 Å². The summed E-state index contributed by atoms with van der Waals surface area (Å²) in [6.07, 6.45) is -3.97. The first-order valence-electron chi connectivity index (χ1n) is 2.36. The van der Waals surface area contributed by atoms with Gasteiger partial charge in [0.15, 0.2) is 0 Å². The maximum Gasteiger partial charge on any atom is 0.452 e. The summed E-state index contributed by atoms with van der Waals surface area (Å²) in [5.41, 5.74) is 0. The summed E-state index contributed by atoms with van der Waals surface area (Å²) in [6, 6.07) is 0. The van der Waals surface area contributed by atoms with Crippen molar-refractivity contribution in [3.8, 4) is 0 Å². The standard InChI is InChI=1S/C5H7F3O2/c1-9-3-4(10-2)5(6,7)8/h3H,1-2H3/b4-3-. The molecular formula is C5H7F3O2. The monoisotopic (exact) mass is 156 g/mol. The van der Waals surface area contributed by atoms with E-state index in [0.29, 0.717) is 6.26 Å². The van der Waals surface area contributed by atoms with Gasteiger partial charge in [-0.15, -0.1) is 0 Å². The van der Waals surface area contributed by atoms with E-state index < -0.39 is 11.9 Å². The Bertz CT molecular complexity index is 127. The predicted molar refractivity (Wildman–Crippen MR) is 28.2 cm³/mol. The second-order valence-electron chi connectivity index (χ2n) is 1.42. The molecule has 0 aliphatic carbocycles. The van der Waals surface area contributed by atoms with Crippen molar-refractivity contribution in [3.63, 3.8) is 0 Å². The summed E-state index contributed by atoms with van der Waals surface area (Å²) >= 11 is 0. The zero-order valence-corrected chi connectivity index (χ0v) is 5.53. The molecular weight excluding hydrogens is 149 g/mol. The van der Waals surface area contributed by atoms with E-state index in [2.05, 4.69) is 9.47 Å². The molecule has 0 spiro atoms. The van der Waals surface area contributed by atoms with Crippen LogP contribution in [0.3, 0.4) is 0 Å². The number of halogens is 3. The van der Waals surface area contributed by atoms with E-state index >= 15 is 0 Å². The van der Waals surface area contributed by atoms with Crippen LogP contribution in [0.5, 0.6) is 0 Å². The minimum Gasteiger partial charge on any atom is -0.500 e. The Morgan fingerprint density at radius 3 is 1.90 bits per heavy atom. The molecule has 2 nitrogen and oxygen atoms in total. The van der Waals surface area contributed by atoms with Crippen molar-refractivity contribution in [1.29, 1.82) is 0 Å². The Kier molecular flexibility index (Phi) is 3.05. The fourth-order valence-electron chi connectivity index (χ4n) is 0.338. The molecule has 0 amide bonds. The fourth-order valence-corrected chi connectivity index (χ4v) is 0.338. The Labute approximate surface area is 56.2 Å². The minimum absolute atomic E-state index is 0.500. The van der Waals surface area contributed by atoms with E-state index in [-0.39, 0.29) is 0 Å². The average molecular weight is 156 g/mol. The van der Waals surface area contributed by atoms with Crippen LogP contribution in [0.2, 0.25) is 0 Å². The van der Waals surface area contributed by atoms with Gasteiger partial charge in [-0.2, -0.15) is 13.2 Å². The molecule has 0 unspecified atom stereocenters. The Morgan fingerprint density at radius 1 is 1.30 bits per heavy atom. The van der Waals surface area contributed by atoms with Crippen molar-refractivity contribution in [1.82, 2.24) is 0 Å². The molecule has 0 aliphatic heterocycles. The molecule has 0 aliphatic rings. The third-order valence-electron chi connectivity index (χ3n) is 0.724. The van der Waals surface area contributed by atoms with E-state index in [1.54, 1.807) is 0 Å². The zero-order valence-electron chi connectivity index (χ0n) is 5.53. The fraction of sp³-hybridized carbons (Fsp3) is 0.600. The topological polar surface area (TPSA) is 18.5 Å². The SMILES string of the molecule is CO/C=C(\OC)C(F)(F)F. The Hall–Kier alpha value is -0.870. The molecule has 0 aromatic carbocycles. The maximum atomic E-state index is 11.6. The number of allylic oxidation sites excluding steroid dienone is 1. The summed E-state index contributed by atoms with van der Waals surface area (Å²) in [4.78, 5) is 0. The highest BCUT2D eigenvalue weighted by molar-refractivity contribution is 4.95. The molecule has 5 heteroatoms. The lowest BCUT2D eigenvalue weighted by Crippen LogP contribution is -2.13. The van der Waals surface area contributed by atoms with Crippen molar-refractivity contribution in [2.24, 2.45) is 0 Å². The van der Waals surface area contributed by atoms with Crippen LogP contribution in [0.25, 0.3) is 0 Å². The number of hydrogen-bond donors (Lipinski definition) is 0. The third-order valence-corrected chi connectivity index (χ3v) is 0.724. The van der Waals surface area contributed by atoms with Crippen LogP contribution in [-0.4, -0.2) is 20.4 Å². The first-order valence-corrected chi connectivity index (χ1v) is 2.36. The van der Waals surface area contributed by atoms with Crippen LogP contribution >= 0.6 is 0 Å². The Morgan fingerprint density at radius 2 is 1.80 bits per heavy atom. The van der Waals surface area contributed by atoms with E-state index in [1.165, 1.54) is 0 Å². The minimum atomic E-state index is -4.47. The van der Waals surface area contributed by atoms with Crippen LogP contribution in [0.15, 0.2) is 12.0 Å². The molecule has 0 aromatic rings. The summed E-state index contributed by atoms with van der Waals surface area (Å²) in [5.74, 6) is -1.14. The third kappa shape index (κ3) is 2.61. The first kappa shape index (κ1) is 9.13. The first-order chi connectivity index (χ1) is 4.52. The second-order valence-corrected chi connectivity index (χ2v) is 1.42. The normalized spacial score (nSPS) is 13.1. The smallest absolute Gasteiger partial charge is 0.452 e. The van der Waals surface area contributed by atoms with Crippen molar-refractivity contribution in [2.75, 3.05) is 14.2 Å². The van der Waals surface area contributed by atoms with Gasteiger partial charge in [-0.1, -0.05) is 0 Å². The van der Waals surface area contributed by atoms with Crippen molar-refractivity contribution in [3.05, 3.63) is 12.0 Å². The lowest BCUT2D eigenvalue weighted by atomic mass is 10.5. The van der Waals surface area contributed by atoms with E-state index in [4.69, 9.17) is 0 Å². The molecule has 0 saturated heterocycles. The number of hydrogen-bond acceptors (Lipinski definition) is 2. The second kappa shape index (κ2) is 3.34. The average Bonchev–Trinajstić information content (AvgIpc) is 1.80. The Balaban J connectivity index is 4.21. The van der Waals surface area contributed by atoms with E-state index in [9.17, 15) is 13.2 Å². The lowest BCUT2D eigenvalue weighted by Gasteiger charge is -2.08. The molecule has 0 N–H and O–H groups in total. The van der Waals surface area contributed by atoms with Gasteiger partial charge < -0.3 is 9.47 Å². The van der Waals surface area contributed by atoms with Gasteiger partial charge in [-0.3, -0.25) is 0 Å². The maximum absolute atomic E-state index is 11.6. The predicted octanol–water partition coefficient (Wildman–Crippen LogP) is 1.68. The van der Waals surface area contributed by atoms with Crippen LogP contribution in [0, 0.1) is 0 Å². The molecule has 0 aromatic heterocycles. The van der Waals surface area contributed by atoms with Crippen molar-refractivity contribution < 1.29 is 22.6 Å². The number of ether oxygens (including phenoxy) is 2. The summed E-state index contributed by atoms with van der Waals surface area (Å²) < 4.78 is 43.0. The van der Waals surface area contributed by atoms with Crippen molar-refractivity contribution in [2.45, 2.75) is 6.18 Å². The quantitative estimate of drug-likeness (QED) is 0.566. The molecule has 0 rings (SSSR count). The summed E-state index contributed by atoms with van der Waals surface area (Å²) in [7, 11) is 2.04. The van der Waals surface area contributed by atoms with Crippen LogP contribution in [0.1, 0.15) is 0 Å². The lowest BCUT2D eigenvalue weighted by molar-refractivity contribution is -0.128. The highest BCUT2D eigenvalue weighted by Gasteiger charge is 2.35. The highest BCUT2D eigenvalue weighted by atomic mass is 19.4. The number of alkyl halides is 3.